The van der Waals surface area contributed by atoms with Gasteiger partial charge in [-0.2, -0.15) is 0 Å². The van der Waals surface area contributed by atoms with Crippen molar-refractivity contribution in [3.63, 3.8) is 0 Å². The topological polar surface area (TPSA) is 55.4 Å². The molecule has 0 amide bonds. The van der Waals surface area contributed by atoms with E-state index < -0.39 is 5.97 Å². The quantitative estimate of drug-likeness (QED) is 0.608. The number of hydrogen-bond acceptors (Lipinski definition) is 4. The average Bonchev–Trinajstić information content (AvgIpc) is 2.27. The largest absolute Gasteiger partial charge is 0.393 e. The first kappa shape index (κ1) is 15.4. The highest BCUT2D eigenvalue weighted by Gasteiger charge is 2.16. The third kappa shape index (κ3) is 6.08. The minimum absolute atomic E-state index is 0. The molecule has 0 unspecified atom stereocenters. The molecule has 0 aromatic carbocycles. The van der Waals surface area contributed by atoms with Gasteiger partial charge in [-0.1, -0.05) is 6.92 Å². The SMILES string of the molecule is CCC(=O)OC(=O)CCC1CCNCC1.Cl. The molecule has 1 saturated heterocycles. The molecule has 0 bridgehead atoms. The van der Waals surface area contributed by atoms with Gasteiger partial charge in [0.1, 0.15) is 0 Å². The van der Waals surface area contributed by atoms with Gasteiger partial charge in [-0.25, -0.2) is 0 Å². The second-order valence-corrected chi connectivity index (χ2v) is 3.93. The maximum Gasteiger partial charge on any atom is 0.313 e. The van der Waals surface area contributed by atoms with E-state index >= 15 is 0 Å². The van der Waals surface area contributed by atoms with Gasteiger partial charge in [0, 0.05) is 12.8 Å². The number of halogens is 1. The van der Waals surface area contributed by atoms with Crippen LogP contribution in [-0.2, 0) is 14.3 Å². The minimum Gasteiger partial charge on any atom is -0.393 e. The number of carbonyl (C=O) groups excluding carboxylic acids is 2. The van der Waals surface area contributed by atoms with Crippen LogP contribution in [0.15, 0.2) is 0 Å². The number of rotatable bonds is 4. The molecule has 1 aliphatic rings. The minimum atomic E-state index is -0.426. The van der Waals surface area contributed by atoms with Crippen molar-refractivity contribution < 1.29 is 14.3 Å². The molecule has 0 saturated carbocycles. The summed E-state index contributed by atoms with van der Waals surface area (Å²) in [7, 11) is 0. The van der Waals surface area contributed by atoms with Gasteiger partial charge in [0.25, 0.3) is 0 Å². The molecule has 1 heterocycles. The lowest BCUT2D eigenvalue weighted by atomic mass is 9.93. The molecule has 1 rings (SSSR count). The van der Waals surface area contributed by atoms with Crippen LogP contribution in [0.5, 0.6) is 0 Å². The summed E-state index contributed by atoms with van der Waals surface area (Å²) < 4.78 is 4.60. The molecule has 0 spiro atoms. The van der Waals surface area contributed by atoms with E-state index in [0.717, 1.165) is 32.4 Å². The van der Waals surface area contributed by atoms with E-state index in [4.69, 9.17) is 0 Å². The molecule has 1 fully saturated rings. The molecular formula is C11H20ClNO3. The van der Waals surface area contributed by atoms with Gasteiger partial charge in [-0.15, -0.1) is 12.4 Å². The fraction of sp³-hybridized carbons (Fsp3) is 0.818. The zero-order valence-electron chi connectivity index (χ0n) is 9.66. The van der Waals surface area contributed by atoms with Gasteiger partial charge in [0.05, 0.1) is 0 Å². The van der Waals surface area contributed by atoms with Crippen LogP contribution in [0.1, 0.15) is 39.0 Å². The number of hydrogen-bond donors (Lipinski definition) is 1. The molecule has 94 valence electrons. The normalized spacial score (nSPS) is 16.3. The molecule has 0 aromatic rings. The Hall–Kier alpha value is -0.610. The highest BCUT2D eigenvalue weighted by atomic mass is 35.5. The number of ether oxygens (including phenoxy) is 1. The van der Waals surface area contributed by atoms with Gasteiger partial charge in [0.15, 0.2) is 0 Å². The van der Waals surface area contributed by atoms with Crippen LogP contribution in [0.3, 0.4) is 0 Å². The van der Waals surface area contributed by atoms with E-state index in [1.54, 1.807) is 6.92 Å². The van der Waals surface area contributed by atoms with E-state index in [2.05, 4.69) is 10.1 Å². The highest BCUT2D eigenvalue weighted by Crippen LogP contribution is 2.17. The lowest BCUT2D eigenvalue weighted by molar-refractivity contribution is -0.159. The maximum atomic E-state index is 11.2. The average molecular weight is 250 g/mol. The monoisotopic (exact) mass is 249 g/mol. The lowest BCUT2D eigenvalue weighted by Crippen LogP contribution is -2.28. The molecule has 0 atom stereocenters. The number of esters is 2. The zero-order valence-corrected chi connectivity index (χ0v) is 10.5. The fourth-order valence-corrected chi connectivity index (χ4v) is 1.74. The standard InChI is InChI=1S/C11H19NO3.ClH/c1-2-10(13)15-11(14)4-3-9-5-7-12-8-6-9;/h9,12H,2-8H2,1H3;1H. The van der Waals surface area contributed by atoms with Gasteiger partial charge in [-0.3, -0.25) is 9.59 Å². The van der Waals surface area contributed by atoms with Crippen molar-refractivity contribution in [2.45, 2.75) is 39.0 Å². The maximum absolute atomic E-state index is 11.2. The third-order valence-electron chi connectivity index (χ3n) is 2.73. The fourth-order valence-electron chi connectivity index (χ4n) is 1.74. The summed E-state index contributed by atoms with van der Waals surface area (Å²) >= 11 is 0. The smallest absolute Gasteiger partial charge is 0.313 e. The van der Waals surface area contributed by atoms with Gasteiger partial charge >= 0.3 is 11.9 Å². The first-order valence-electron chi connectivity index (χ1n) is 5.66. The molecule has 4 nitrogen and oxygen atoms in total. The van der Waals surface area contributed by atoms with Crippen molar-refractivity contribution in [1.82, 2.24) is 5.32 Å². The van der Waals surface area contributed by atoms with E-state index in [0.29, 0.717) is 12.3 Å². The van der Waals surface area contributed by atoms with Crippen LogP contribution in [-0.4, -0.2) is 25.0 Å². The van der Waals surface area contributed by atoms with Crippen molar-refractivity contribution in [2.24, 2.45) is 5.92 Å². The van der Waals surface area contributed by atoms with Crippen LogP contribution >= 0.6 is 12.4 Å². The number of carbonyl (C=O) groups is 2. The van der Waals surface area contributed by atoms with Crippen molar-refractivity contribution in [3.05, 3.63) is 0 Å². The number of nitrogens with one attached hydrogen (secondary N) is 1. The summed E-state index contributed by atoms with van der Waals surface area (Å²) in [6.45, 7) is 3.75. The van der Waals surface area contributed by atoms with Gasteiger partial charge in [0.2, 0.25) is 0 Å². The van der Waals surface area contributed by atoms with Crippen molar-refractivity contribution in [2.75, 3.05) is 13.1 Å². The van der Waals surface area contributed by atoms with E-state index in [9.17, 15) is 9.59 Å². The molecular weight excluding hydrogens is 230 g/mol. The van der Waals surface area contributed by atoms with Crippen molar-refractivity contribution in [3.8, 4) is 0 Å². The first-order chi connectivity index (χ1) is 7.22. The van der Waals surface area contributed by atoms with E-state index in [1.807, 2.05) is 0 Å². The molecule has 0 aromatic heterocycles. The van der Waals surface area contributed by atoms with Gasteiger partial charge in [-0.05, 0) is 38.3 Å². The summed E-state index contributed by atoms with van der Waals surface area (Å²) in [5.41, 5.74) is 0. The molecule has 16 heavy (non-hydrogen) atoms. The Balaban J connectivity index is 0.00000225. The Morgan fingerprint density at radius 1 is 1.25 bits per heavy atom. The van der Waals surface area contributed by atoms with Crippen LogP contribution in [0.25, 0.3) is 0 Å². The van der Waals surface area contributed by atoms with Crippen LogP contribution in [0, 0.1) is 5.92 Å². The van der Waals surface area contributed by atoms with E-state index in [-0.39, 0.29) is 24.8 Å². The van der Waals surface area contributed by atoms with Crippen molar-refractivity contribution >= 4 is 24.3 Å². The van der Waals surface area contributed by atoms with Crippen molar-refractivity contribution in [1.29, 1.82) is 0 Å². The van der Waals surface area contributed by atoms with Crippen LogP contribution in [0.4, 0.5) is 0 Å². The van der Waals surface area contributed by atoms with Gasteiger partial charge < -0.3 is 10.1 Å². The molecule has 0 radical (unpaired) electrons. The highest BCUT2D eigenvalue weighted by molar-refractivity contribution is 5.85. The second-order valence-electron chi connectivity index (χ2n) is 3.93. The van der Waals surface area contributed by atoms with Crippen LogP contribution in [0.2, 0.25) is 0 Å². The third-order valence-corrected chi connectivity index (χ3v) is 2.73. The first-order valence-corrected chi connectivity index (χ1v) is 5.66. The molecule has 0 aliphatic carbocycles. The Kier molecular flexibility index (Phi) is 8.21. The zero-order chi connectivity index (χ0) is 11.1. The second kappa shape index (κ2) is 8.53. The molecule has 1 aliphatic heterocycles. The summed E-state index contributed by atoms with van der Waals surface area (Å²) in [4.78, 5) is 22.0. The predicted molar refractivity (Wildman–Crippen MR) is 63.5 cm³/mol. The summed E-state index contributed by atoms with van der Waals surface area (Å²) in [5, 5.41) is 3.27. The summed E-state index contributed by atoms with van der Waals surface area (Å²) in [6, 6.07) is 0. The molecule has 1 N–H and O–H groups in total. The summed E-state index contributed by atoms with van der Waals surface area (Å²) in [6.07, 6.45) is 3.72. The lowest BCUT2D eigenvalue weighted by Gasteiger charge is -2.21. The van der Waals surface area contributed by atoms with E-state index in [1.165, 1.54) is 0 Å². The Morgan fingerprint density at radius 3 is 2.44 bits per heavy atom. The Bertz CT molecular complexity index is 227. The predicted octanol–water partition coefficient (Wildman–Crippen LogP) is 1.67. The Morgan fingerprint density at radius 2 is 1.88 bits per heavy atom. The summed E-state index contributed by atoms with van der Waals surface area (Å²) in [5.74, 6) is -0.193. The van der Waals surface area contributed by atoms with Crippen LogP contribution < -0.4 is 5.32 Å². The number of piperidine rings is 1. The Labute approximate surface area is 103 Å². The molecule has 5 heteroatoms.